The van der Waals surface area contributed by atoms with Gasteiger partial charge in [0, 0.05) is 0 Å². The Hall–Kier alpha value is -1.94. The molecule has 3 rings (SSSR count). The number of halogens is 1. The first-order chi connectivity index (χ1) is 9.56. The molecule has 0 bridgehead atoms. The first-order valence-electron chi connectivity index (χ1n) is 6.52. The zero-order valence-corrected chi connectivity index (χ0v) is 12.2. The van der Waals surface area contributed by atoms with Crippen LogP contribution in [0.25, 0.3) is 11.0 Å². The molecule has 0 saturated carbocycles. The third kappa shape index (κ3) is 2.16. The maximum absolute atomic E-state index is 13.4. The Morgan fingerprint density at radius 1 is 1.20 bits per heavy atom. The second-order valence-electron chi connectivity index (χ2n) is 5.05. The molecule has 0 radical (unpaired) electrons. The van der Waals surface area contributed by atoms with Crippen LogP contribution in [0.5, 0.6) is 0 Å². The number of hydrogen-bond donors (Lipinski definition) is 1. The van der Waals surface area contributed by atoms with Crippen LogP contribution in [-0.4, -0.2) is 9.55 Å². The Kier molecular flexibility index (Phi) is 3.18. The molecule has 3 aromatic rings. The predicted octanol–water partition coefficient (Wildman–Crippen LogP) is 4.76. The second kappa shape index (κ2) is 4.87. The van der Waals surface area contributed by atoms with Crippen molar-refractivity contribution < 1.29 is 4.39 Å². The van der Waals surface area contributed by atoms with E-state index in [0.29, 0.717) is 4.77 Å². The molecule has 2 nitrogen and oxygen atoms in total. The van der Waals surface area contributed by atoms with Gasteiger partial charge in [-0.3, -0.25) is 0 Å². The van der Waals surface area contributed by atoms with Gasteiger partial charge in [-0.2, -0.15) is 0 Å². The molecule has 1 heterocycles. The smallest absolute Gasteiger partial charge is 0.178 e. The number of aromatic amines is 1. The number of fused-ring (bicyclic) bond motifs is 1. The third-order valence-corrected chi connectivity index (χ3v) is 3.89. The van der Waals surface area contributed by atoms with Crippen LogP contribution in [0.15, 0.2) is 42.5 Å². The van der Waals surface area contributed by atoms with E-state index in [-0.39, 0.29) is 11.9 Å². The number of nitrogens with one attached hydrogen (secondary N) is 1. The summed E-state index contributed by atoms with van der Waals surface area (Å²) in [4.78, 5) is 3.22. The zero-order chi connectivity index (χ0) is 14.3. The summed E-state index contributed by atoms with van der Waals surface area (Å²) < 4.78 is 16.1. The Morgan fingerprint density at radius 2 is 2.00 bits per heavy atom. The number of imidazole rings is 1. The van der Waals surface area contributed by atoms with E-state index in [1.165, 1.54) is 11.6 Å². The number of rotatable bonds is 2. The van der Waals surface area contributed by atoms with E-state index in [9.17, 15) is 4.39 Å². The molecule has 1 N–H and O–H groups in total. The molecular formula is C16H15FN2S. The van der Waals surface area contributed by atoms with Crippen LogP contribution in [0.1, 0.15) is 24.1 Å². The number of H-pyrrole nitrogens is 1. The molecule has 1 atom stereocenters. The summed E-state index contributed by atoms with van der Waals surface area (Å²) in [5.41, 5.74) is 4.14. The Bertz CT molecular complexity index is 832. The molecule has 0 aliphatic heterocycles. The summed E-state index contributed by atoms with van der Waals surface area (Å²) in [6.45, 7) is 4.07. The normalized spacial score (nSPS) is 12.8. The Labute approximate surface area is 121 Å². The lowest BCUT2D eigenvalue weighted by Crippen LogP contribution is -2.07. The fourth-order valence-electron chi connectivity index (χ4n) is 2.54. The average molecular weight is 286 g/mol. The van der Waals surface area contributed by atoms with E-state index in [1.54, 1.807) is 12.1 Å². The number of benzene rings is 2. The highest BCUT2D eigenvalue weighted by Gasteiger charge is 2.13. The van der Waals surface area contributed by atoms with Crippen LogP contribution in [0.4, 0.5) is 4.39 Å². The number of aryl methyl sites for hydroxylation is 1. The van der Waals surface area contributed by atoms with Crippen LogP contribution >= 0.6 is 12.2 Å². The van der Waals surface area contributed by atoms with Gasteiger partial charge in [0.05, 0.1) is 17.1 Å². The molecule has 102 valence electrons. The van der Waals surface area contributed by atoms with Crippen molar-refractivity contribution in [3.05, 3.63) is 64.2 Å². The van der Waals surface area contributed by atoms with Crippen molar-refractivity contribution in [3.63, 3.8) is 0 Å². The highest BCUT2D eigenvalue weighted by Crippen LogP contribution is 2.25. The highest BCUT2D eigenvalue weighted by molar-refractivity contribution is 7.71. The lowest BCUT2D eigenvalue weighted by atomic mass is 10.1. The van der Waals surface area contributed by atoms with Crippen molar-refractivity contribution in [1.29, 1.82) is 0 Å². The first kappa shape index (κ1) is 13.1. The minimum atomic E-state index is -0.225. The molecule has 1 aromatic heterocycles. The van der Waals surface area contributed by atoms with E-state index < -0.39 is 0 Å². The third-order valence-electron chi connectivity index (χ3n) is 3.59. The van der Waals surface area contributed by atoms with Gasteiger partial charge < -0.3 is 9.55 Å². The summed E-state index contributed by atoms with van der Waals surface area (Å²) >= 11 is 5.42. The van der Waals surface area contributed by atoms with E-state index in [4.69, 9.17) is 12.2 Å². The van der Waals surface area contributed by atoms with Gasteiger partial charge in [0.15, 0.2) is 4.77 Å². The molecule has 1 unspecified atom stereocenters. The fraction of sp³-hybridized carbons (Fsp3) is 0.188. The fourth-order valence-corrected chi connectivity index (χ4v) is 2.91. The predicted molar refractivity (Wildman–Crippen MR) is 82.1 cm³/mol. The highest BCUT2D eigenvalue weighted by atomic mass is 32.1. The number of aromatic nitrogens is 2. The van der Waals surface area contributed by atoms with Gasteiger partial charge in [0.1, 0.15) is 5.82 Å². The molecule has 0 spiro atoms. The maximum atomic E-state index is 13.4. The van der Waals surface area contributed by atoms with E-state index in [0.717, 1.165) is 16.6 Å². The van der Waals surface area contributed by atoms with Crippen LogP contribution < -0.4 is 0 Å². The Balaban J connectivity index is 2.19. The first-order valence-corrected chi connectivity index (χ1v) is 6.93. The summed E-state index contributed by atoms with van der Waals surface area (Å²) in [6, 6.07) is 12.8. The standard InChI is InChI=1S/C16H15FN2S/c1-10-6-7-15-14(8-10)18-16(20)19(15)11(2)12-4-3-5-13(17)9-12/h3-9,11H,1-2H3,(H,18,20). The number of nitrogens with zero attached hydrogens (tertiary/aromatic N) is 1. The SMILES string of the molecule is Cc1ccc2c(c1)[nH]c(=S)n2C(C)c1cccc(F)c1. The monoisotopic (exact) mass is 286 g/mol. The quantitative estimate of drug-likeness (QED) is 0.674. The van der Waals surface area contributed by atoms with E-state index >= 15 is 0 Å². The molecule has 2 aromatic carbocycles. The lowest BCUT2D eigenvalue weighted by molar-refractivity contribution is 0.608. The molecule has 20 heavy (non-hydrogen) atoms. The molecule has 0 aliphatic rings. The van der Waals surface area contributed by atoms with Crippen molar-refractivity contribution in [2.24, 2.45) is 0 Å². The van der Waals surface area contributed by atoms with Gasteiger partial charge in [-0.05, 0) is 61.5 Å². The molecule has 0 amide bonds. The summed E-state index contributed by atoms with van der Waals surface area (Å²) in [5, 5.41) is 0. The Morgan fingerprint density at radius 3 is 2.75 bits per heavy atom. The molecule has 4 heteroatoms. The summed E-state index contributed by atoms with van der Waals surface area (Å²) in [7, 11) is 0. The molecule has 0 fully saturated rings. The zero-order valence-electron chi connectivity index (χ0n) is 11.4. The van der Waals surface area contributed by atoms with Crippen molar-refractivity contribution >= 4 is 23.3 Å². The minimum Gasteiger partial charge on any atom is -0.331 e. The second-order valence-corrected chi connectivity index (χ2v) is 5.44. The van der Waals surface area contributed by atoms with E-state index in [2.05, 4.69) is 17.1 Å². The summed E-state index contributed by atoms with van der Waals surface area (Å²) in [5.74, 6) is -0.225. The maximum Gasteiger partial charge on any atom is 0.178 e. The summed E-state index contributed by atoms with van der Waals surface area (Å²) in [6.07, 6.45) is 0. The topological polar surface area (TPSA) is 20.7 Å². The van der Waals surface area contributed by atoms with Crippen LogP contribution in [0.3, 0.4) is 0 Å². The van der Waals surface area contributed by atoms with Crippen LogP contribution in [0.2, 0.25) is 0 Å². The van der Waals surface area contributed by atoms with Crippen LogP contribution in [0, 0.1) is 17.5 Å². The van der Waals surface area contributed by atoms with Crippen LogP contribution in [-0.2, 0) is 0 Å². The largest absolute Gasteiger partial charge is 0.331 e. The van der Waals surface area contributed by atoms with Gasteiger partial charge in [0.25, 0.3) is 0 Å². The van der Waals surface area contributed by atoms with Gasteiger partial charge in [-0.15, -0.1) is 0 Å². The van der Waals surface area contributed by atoms with Crippen molar-refractivity contribution in [2.45, 2.75) is 19.9 Å². The van der Waals surface area contributed by atoms with Gasteiger partial charge in [-0.25, -0.2) is 4.39 Å². The van der Waals surface area contributed by atoms with Crippen molar-refractivity contribution in [2.75, 3.05) is 0 Å². The number of hydrogen-bond acceptors (Lipinski definition) is 1. The van der Waals surface area contributed by atoms with Crippen molar-refractivity contribution in [3.8, 4) is 0 Å². The van der Waals surface area contributed by atoms with Crippen molar-refractivity contribution in [1.82, 2.24) is 9.55 Å². The minimum absolute atomic E-state index is 0.0188. The lowest BCUT2D eigenvalue weighted by Gasteiger charge is -2.15. The average Bonchev–Trinajstić information content (AvgIpc) is 2.73. The molecular weight excluding hydrogens is 271 g/mol. The van der Waals surface area contributed by atoms with Gasteiger partial charge >= 0.3 is 0 Å². The molecule has 0 saturated heterocycles. The molecule has 0 aliphatic carbocycles. The van der Waals surface area contributed by atoms with Gasteiger partial charge in [-0.1, -0.05) is 18.2 Å². The van der Waals surface area contributed by atoms with Gasteiger partial charge in [0.2, 0.25) is 0 Å². The van der Waals surface area contributed by atoms with E-state index in [1.807, 2.05) is 30.5 Å².